The Kier molecular flexibility index (Phi) is 5.73. The minimum absolute atomic E-state index is 0.0936. The molecule has 1 atom stereocenters. The van der Waals surface area contributed by atoms with E-state index in [4.69, 9.17) is 28.9 Å². The lowest BCUT2D eigenvalue weighted by Gasteiger charge is -2.34. The summed E-state index contributed by atoms with van der Waals surface area (Å²) >= 11 is 12.2. The molecule has 0 spiro atoms. The fraction of sp³-hybridized carbons (Fsp3) is 0.533. The summed E-state index contributed by atoms with van der Waals surface area (Å²) < 4.78 is 0. The molecule has 1 amide bonds. The minimum Gasteiger partial charge on any atom is -0.399 e. The molecule has 1 aromatic rings. The molecule has 0 radical (unpaired) electrons. The summed E-state index contributed by atoms with van der Waals surface area (Å²) in [5.74, 6) is -0.0936. The monoisotopic (exact) mass is 329 g/mol. The van der Waals surface area contributed by atoms with Crippen molar-refractivity contribution in [2.75, 3.05) is 24.1 Å². The second-order valence-electron chi connectivity index (χ2n) is 5.44. The summed E-state index contributed by atoms with van der Waals surface area (Å²) in [4.78, 5) is 14.5. The first-order valence-corrected chi connectivity index (χ1v) is 8.05. The van der Waals surface area contributed by atoms with E-state index in [0.29, 0.717) is 34.0 Å². The summed E-state index contributed by atoms with van der Waals surface area (Å²) in [7, 11) is 0. The largest absolute Gasteiger partial charge is 0.399 e. The first kappa shape index (κ1) is 16.4. The van der Waals surface area contributed by atoms with Gasteiger partial charge in [-0.1, -0.05) is 36.5 Å². The van der Waals surface area contributed by atoms with Crippen molar-refractivity contribution in [3.8, 4) is 0 Å². The molecule has 0 aromatic heterocycles. The van der Waals surface area contributed by atoms with Crippen molar-refractivity contribution in [3.63, 3.8) is 0 Å². The van der Waals surface area contributed by atoms with Crippen LogP contribution in [0.25, 0.3) is 0 Å². The van der Waals surface area contributed by atoms with E-state index in [2.05, 4.69) is 17.1 Å². The Morgan fingerprint density at radius 3 is 2.67 bits per heavy atom. The minimum atomic E-state index is -0.0936. The highest BCUT2D eigenvalue weighted by Gasteiger charge is 2.23. The number of halogens is 2. The second-order valence-corrected chi connectivity index (χ2v) is 6.25. The van der Waals surface area contributed by atoms with Gasteiger partial charge in [0.2, 0.25) is 5.91 Å². The number of benzene rings is 1. The van der Waals surface area contributed by atoms with Crippen molar-refractivity contribution in [2.45, 2.75) is 38.6 Å². The van der Waals surface area contributed by atoms with E-state index < -0.39 is 0 Å². The second kappa shape index (κ2) is 7.34. The SMILES string of the molecule is CCC1CCCCN1CC(=O)Nc1c(Cl)cc(N)cc1Cl. The van der Waals surface area contributed by atoms with E-state index in [-0.39, 0.29) is 5.91 Å². The summed E-state index contributed by atoms with van der Waals surface area (Å²) in [5.41, 5.74) is 6.56. The number of amides is 1. The van der Waals surface area contributed by atoms with Crippen LogP contribution in [0.2, 0.25) is 10.0 Å². The Morgan fingerprint density at radius 2 is 2.05 bits per heavy atom. The molecule has 21 heavy (non-hydrogen) atoms. The van der Waals surface area contributed by atoms with Gasteiger partial charge in [0.05, 0.1) is 22.3 Å². The lowest BCUT2D eigenvalue weighted by atomic mass is 10.00. The zero-order valence-corrected chi connectivity index (χ0v) is 13.7. The summed E-state index contributed by atoms with van der Waals surface area (Å²) in [6.45, 7) is 3.50. The molecule has 0 saturated carbocycles. The van der Waals surface area contributed by atoms with Gasteiger partial charge in [-0.3, -0.25) is 9.69 Å². The predicted octanol–water partition coefficient (Wildman–Crippen LogP) is 3.78. The Bertz CT molecular complexity index is 499. The van der Waals surface area contributed by atoms with Crippen molar-refractivity contribution in [1.29, 1.82) is 0 Å². The fourth-order valence-corrected chi connectivity index (χ4v) is 3.40. The number of carbonyl (C=O) groups excluding carboxylic acids is 1. The van der Waals surface area contributed by atoms with Crippen molar-refractivity contribution in [2.24, 2.45) is 0 Å². The summed E-state index contributed by atoms with van der Waals surface area (Å²) in [6, 6.07) is 3.65. The lowest BCUT2D eigenvalue weighted by Crippen LogP contribution is -2.43. The van der Waals surface area contributed by atoms with Gasteiger partial charge in [0.15, 0.2) is 0 Å². The normalized spacial score (nSPS) is 19.5. The number of piperidine rings is 1. The first-order valence-electron chi connectivity index (χ1n) is 7.29. The quantitative estimate of drug-likeness (QED) is 0.826. The van der Waals surface area contributed by atoms with E-state index in [1.165, 1.54) is 6.42 Å². The van der Waals surface area contributed by atoms with Gasteiger partial charge in [0.1, 0.15) is 0 Å². The molecular formula is C15H21Cl2N3O. The maximum Gasteiger partial charge on any atom is 0.238 e. The lowest BCUT2D eigenvalue weighted by molar-refractivity contribution is -0.118. The van der Waals surface area contributed by atoms with Crippen LogP contribution < -0.4 is 11.1 Å². The number of nitrogens with zero attached hydrogens (tertiary/aromatic N) is 1. The Hall–Kier alpha value is -0.970. The smallest absolute Gasteiger partial charge is 0.238 e. The third kappa shape index (κ3) is 4.25. The highest BCUT2D eigenvalue weighted by Crippen LogP contribution is 2.32. The molecule has 6 heteroatoms. The number of anilines is 2. The van der Waals surface area contributed by atoms with Gasteiger partial charge >= 0.3 is 0 Å². The summed E-state index contributed by atoms with van der Waals surface area (Å²) in [6.07, 6.45) is 4.61. The van der Waals surface area contributed by atoms with E-state index in [9.17, 15) is 4.79 Å². The molecule has 1 aliphatic heterocycles. The number of hydrogen-bond donors (Lipinski definition) is 2. The molecule has 1 saturated heterocycles. The zero-order chi connectivity index (χ0) is 15.4. The molecule has 116 valence electrons. The molecule has 1 unspecified atom stereocenters. The van der Waals surface area contributed by atoms with Crippen molar-refractivity contribution >= 4 is 40.5 Å². The molecule has 3 N–H and O–H groups in total. The highest BCUT2D eigenvalue weighted by atomic mass is 35.5. The van der Waals surface area contributed by atoms with Crippen LogP contribution in [0.1, 0.15) is 32.6 Å². The third-order valence-corrected chi connectivity index (χ3v) is 4.49. The number of carbonyl (C=O) groups is 1. The van der Waals surface area contributed by atoms with Crippen LogP contribution >= 0.6 is 23.2 Å². The number of likely N-dealkylation sites (tertiary alicyclic amines) is 1. The maximum absolute atomic E-state index is 12.2. The van der Waals surface area contributed by atoms with Crippen molar-refractivity contribution in [1.82, 2.24) is 4.90 Å². The van der Waals surface area contributed by atoms with Crippen LogP contribution in [0.3, 0.4) is 0 Å². The van der Waals surface area contributed by atoms with Crippen LogP contribution in [-0.4, -0.2) is 29.9 Å². The van der Waals surface area contributed by atoms with Crippen LogP contribution in [0, 0.1) is 0 Å². The average Bonchev–Trinajstić information content (AvgIpc) is 2.43. The van der Waals surface area contributed by atoms with E-state index >= 15 is 0 Å². The van der Waals surface area contributed by atoms with Crippen LogP contribution in [-0.2, 0) is 4.79 Å². The molecule has 1 heterocycles. The number of nitrogen functional groups attached to an aromatic ring is 1. The van der Waals surface area contributed by atoms with E-state index in [1.807, 2.05) is 0 Å². The highest BCUT2D eigenvalue weighted by molar-refractivity contribution is 6.40. The van der Waals surface area contributed by atoms with Gasteiger partial charge in [-0.05, 0) is 37.9 Å². The average molecular weight is 330 g/mol. The van der Waals surface area contributed by atoms with E-state index in [1.54, 1.807) is 12.1 Å². The van der Waals surface area contributed by atoms with Gasteiger partial charge < -0.3 is 11.1 Å². The Labute approximate surface area is 135 Å². The molecule has 2 rings (SSSR count). The van der Waals surface area contributed by atoms with Gasteiger partial charge in [-0.2, -0.15) is 0 Å². The van der Waals surface area contributed by atoms with Gasteiger partial charge in [0, 0.05) is 11.7 Å². The molecule has 0 bridgehead atoms. The number of nitrogens with one attached hydrogen (secondary N) is 1. The van der Waals surface area contributed by atoms with Crippen LogP contribution in [0.5, 0.6) is 0 Å². The molecule has 1 aromatic carbocycles. The van der Waals surface area contributed by atoms with E-state index in [0.717, 1.165) is 25.8 Å². The number of rotatable bonds is 4. The summed E-state index contributed by atoms with van der Waals surface area (Å²) in [5, 5.41) is 3.52. The Morgan fingerprint density at radius 1 is 1.38 bits per heavy atom. The van der Waals surface area contributed by atoms with Gasteiger partial charge in [-0.25, -0.2) is 0 Å². The molecule has 4 nitrogen and oxygen atoms in total. The van der Waals surface area contributed by atoms with Crippen molar-refractivity contribution < 1.29 is 4.79 Å². The van der Waals surface area contributed by atoms with Crippen LogP contribution in [0.15, 0.2) is 12.1 Å². The third-order valence-electron chi connectivity index (χ3n) is 3.90. The standard InChI is InChI=1S/C15H21Cl2N3O/c1-2-11-5-3-4-6-20(11)9-14(21)19-15-12(16)7-10(18)8-13(15)17/h7-8,11H,2-6,9,18H2,1H3,(H,19,21). The Balaban J connectivity index is 2.01. The van der Waals surface area contributed by atoms with Crippen molar-refractivity contribution in [3.05, 3.63) is 22.2 Å². The molecule has 1 aliphatic rings. The topological polar surface area (TPSA) is 58.4 Å². The molecule has 0 aliphatic carbocycles. The maximum atomic E-state index is 12.2. The number of nitrogens with two attached hydrogens (primary N) is 1. The van der Waals surface area contributed by atoms with Gasteiger partial charge in [0.25, 0.3) is 0 Å². The fourth-order valence-electron chi connectivity index (χ4n) is 2.81. The first-order chi connectivity index (χ1) is 10.0. The molecular weight excluding hydrogens is 309 g/mol. The zero-order valence-electron chi connectivity index (χ0n) is 12.2. The van der Waals surface area contributed by atoms with Gasteiger partial charge in [-0.15, -0.1) is 0 Å². The molecule has 1 fully saturated rings. The number of hydrogen-bond acceptors (Lipinski definition) is 3. The predicted molar refractivity (Wildman–Crippen MR) is 89.0 cm³/mol. The van der Waals surface area contributed by atoms with Crippen LogP contribution in [0.4, 0.5) is 11.4 Å².